The van der Waals surface area contributed by atoms with Crippen molar-refractivity contribution in [3.63, 3.8) is 0 Å². The van der Waals surface area contributed by atoms with Gasteiger partial charge in [0.25, 0.3) is 15.9 Å². The average Bonchev–Trinajstić information content (AvgIpc) is 2.82. The van der Waals surface area contributed by atoms with E-state index in [0.29, 0.717) is 17.2 Å². The predicted molar refractivity (Wildman–Crippen MR) is 128 cm³/mol. The van der Waals surface area contributed by atoms with Gasteiger partial charge in [-0.2, -0.15) is 0 Å². The molecule has 0 radical (unpaired) electrons. The van der Waals surface area contributed by atoms with Gasteiger partial charge in [0, 0.05) is 24.7 Å². The first kappa shape index (κ1) is 24.1. The quantitative estimate of drug-likeness (QED) is 0.508. The summed E-state index contributed by atoms with van der Waals surface area (Å²) in [4.78, 5) is 12.8. The Morgan fingerprint density at radius 2 is 1.70 bits per heavy atom. The van der Waals surface area contributed by atoms with Gasteiger partial charge in [0.2, 0.25) is 0 Å². The number of anilines is 1. The highest BCUT2D eigenvalue weighted by atomic mass is 32.2. The molecule has 0 aliphatic heterocycles. The lowest BCUT2D eigenvalue weighted by Gasteiger charge is -2.20. The van der Waals surface area contributed by atoms with Crippen molar-refractivity contribution < 1.29 is 22.7 Å². The van der Waals surface area contributed by atoms with Crippen molar-refractivity contribution in [3.05, 3.63) is 83.9 Å². The topological polar surface area (TPSA) is 84.9 Å². The van der Waals surface area contributed by atoms with Crippen LogP contribution >= 0.6 is 0 Å². The highest BCUT2D eigenvalue weighted by molar-refractivity contribution is 7.92. The first-order valence-corrected chi connectivity index (χ1v) is 11.9. The van der Waals surface area contributed by atoms with Gasteiger partial charge in [-0.1, -0.05) is 24.3 Å². The number of hydrogen-bond acceptors (Lipinski definition) is 5. The fraction of sp³-hybridized carbons (Fsp3) is 0.240. The zero-order valence-electron chi connectivity index (χ0n) is 19.1. The van der Waals surface area contributed by atoms with E-state index in [1.807, 2.05) is 38.1 Å². The van der Waals surface area contributed by atoms with Gasteiger partial charge < -0.3 is 14.8 Å². The lowest BCUT2D eigenvalue weighted by molar-refractivity contribution is 0.0950. The van der Waals surface area contributed by atoms with Crippen LogP contribution in [-0.4, -0.2) is 34.6 Å². The Balaban J connectivity index is 1.76. The highest BCUT2D eigenvalue weighted by Crippen LogP contribution is 2.25. The van der Waals surface area contributed by atoms with E-state index in [1.165, 1.54) is 23.5 Å². The number of amides is 1. The zero-order chi connectivity index (χ0) is 24.0. The highest BCUT2D eigenvalue weighted by Gasteiger charge is 2.22. The number of ether oxygens (including phenoxy) is 2. The van der Waals surface area contributed by atoms with Crippen molar-refractivity contribution in [2.24, 2.45) is 0 Å². The molecule has 1 N–H and O–H groups in total. The summed E-state index contributed by atoms with van der Waals surface area (Å²) in [6.45, 7) is 4.12. The van der Waals surface area contributed by atoms with Crippen LogP contribution in [0, 0.1) is 0 Å². The molecule has 0 saturated heterocycles. The number of nitrogens with zero attached hydrogens (tertiary/aromatic N) is 1. The van der Waals surface area contributed by atoms with Crippen molar-refractivity contribution in [2.45, 2.75) is 31.4 Å². The molecule has 33 heavy (non-hydrogen) atoms. The van der Waals surface area contributed by atoms with Crippen molar-refractivity contribution in [1.82, 2.24) is 5.32 Å². The maximum atomic E-state index is 13.1. The molecule has 3 rings (SSSR count). The van der Waals surface area contributed by atoms with E-state index in [2.05, 4.69) is 5.32 Å². The van der Waals surface area contributed by atoms with E-state index in [-0.39, 0.29) is 29.0 Å². The molecule has 7 nitrogen and oxygen atoms in total. The van der Waals surface area contributed by atoms with E-state index in [9.17, 15) is 13.2 Å². The number of benzene rings is 3. The molecule has 0 spiro atoms. The zero-order valence-corrected chi connectivity index (χ0v) is 19.9. The minimum Gasteiger partial charge on any atom is -0.497 e. The predicted octanol–water partition coefficient (Wildman–Crippen LogP) is 4.24. The second kappa shape index (κ2) is 10.4. The largest absolute Gasteiger partial charge is 0.497 e. The van der Waals surface area contributed by atoms with Crippen molar-refractivity contribution in [1.29, 1.82) is 0 Å². The van der Waals surface area contributed by atoms with Crippen molar-refractivity contribution in [3.8, 4) is 11.5 Å². The van der Waals surface area contributed by atoms with Crippen LogP contribution in [0.2, 0.25) is 0 Å². The van der Waals surface area contributed by atoms with E-state index in [1.54, 1.807) is 43.5 Å². The number of sulfonamides is 1. The minimum atomic E-state index is -3.86. The smallest absolute Gasteiger partial charge is 0.264 e. The van der Waals surface area contributed by atoms with Crippen LogP contribution in [0.25, 0.3) is 0 Å². The third kappa shape index (κ3) is 5.84. The normalized spacial score (nSPS) is 11.2. The van der Waals surface area contributed by atoms with Gasteiger partial charge in [-0.15, -0.1) is 0 Å². The van der Waals surface area contributed by atoms with Gasteiger partial charge in [0.05, 0.1) is 23.8 Å². The summed E-state index contributed by atoms with van der Waals surface area (Å²) in [5, 5.41) is 2.84. The molecule has 174 valence electrons. The monoisotopic (exact) mass is 468 g/mol. The van der Waals surface area contributed by atoms with Gasteiger partial charge >= 0.3 is 0 Å². The van der Waals surface area contributed by atoms with E-state index in [4.69, 9.17) is 9.47 Å². The lowest BCUT2D eigenvalue weighted by atomic mass is 10.1. The molecule has 0 aromatic heterocycles. The van der Waals surface area contributed by atoms with Gasteiger partial charge in [-0.25, -0.2) is 8.42 Å². The first-order valence-electron chi connectivity index (χ1n) is 10.5. The molecule has 0 aliphatic rings. The number of carbonyl (C=O) groups excluding carboxylic acids is 1. The molecule has 3 aromatic carbocycles. The van der Waals surface area contributed by atoms with Crippen molar-refractivity contribution in [2.75, 3.05) is 18.5 Å². The third-order valence-corrected chi connectivity index (χ3v) is 6.75. The third-order valence-electron chi connectivity index (χ3n) is 4.97. The van der Waals surface area contributed by atoms with Crippen LogP contribution in [0.5, 0.6) is 11.5 Å². The Kier molecular flexibility index (Phi) is 7.60. The SMILES string of the molecule is COc1ccc(N(C)S(=O)(=O)c2cccc(C(=O)NCc3ccccc3OC(C)C)c2)cc1. The maximum Gasteiger partial charge on any atom is 0.264 e. The summed E-state index contributed by atoms with van der Waals surface area (Å²) in [6, 6.07) is 20.1. The summed E-state index contributed by atoms with van der Waals surface area (Å²) in [7, 11) is -0.851. The molecule has 0 saturated carbocycles. The Labute approximate surface area is 195 Å². The van der Waals surface area contributed by atoms with Crippen LogP contribution in [0.15, 0.2) is 77.7 Å². The first-order chi connectivity index (χ1) is 15.7. The Bertz CT molecular complexity index is 1210. The summed E-state index contributed by atoms with van der Waals surface area (Å²) in [6.07, 6.45) is 0.00595. The second-order valence-corrected chi connectivity index (χ2v) is 9.62. The molecular formula is C25H28N2O5S. The van der Waals surface area contributed by atoms with E-state index < -0.39 is 10.0 Å². The van der Waals surface area contributed by atoms with Crippen LogP contribution in [0.4, 0.5) is 5.69 Å². The number of rotatable bonds is 9. The molecule has 8 heteroatoms. The molecule has 0 unspecified atom stereocenters. The van der Waals surface area contributed by atoms with Crippen molar-refractivity contribution >= 4 is 21.6 Å². The summed E-state index contributed by atoms with van der Waals surface area (Å²) in [5.74, 6) is 0.951. The molecule has 0 aliphatic carbocycles. The van der Waals surface area contributed by atoms with E-state index >= 15 is 0 Å². The number of para-hydroxylation sites is 1. The van der Waals surface area contributed by atoms with Gasteiger partial charge in [0.1, 0.15) is 11.5 Å². The van der Waals surface area contributed by atoms with Gasteiger partial charge in [-0.3, -0.25) is 9.10 Å². The van der Waals surface area contributed by atoms with Crippen LogP contribution < -0.4 is 19.1 Å². The summed E-state index contributed by atoms with van der Waals surface area (Å²) < 4.78 is 38.3. The fourth-order valence-electron chi connectivity index (χ4n) is 3.18. The maximum absolute atomic E-state index is 13.1. The lowest BCUT2D eigenvalue weighted by Crippen LogP contribution is -2.27. The molecular weight excluding hydrogens is 440 g/mol. The fourth-order valence-corrected chi connectivity index (χ4v) is 4.43. The molecule has 3 aromatic rings. The van der Waals surface area contributed by atoms with Gasteiger partial charge in [0.15, 0.2) is 0 Å². The Morgan fingerprint density at radius 3 is 2.36 bits per heavy atom. The van der Waals surface area contributed by atoms with E-state index in [0.717, 1.165) is 5.56 Å². The molecule has 0 fully saturated rings. The molecule has 0 heterocycles. The minimum absolute atomic E-state index is 0.00595. The van der Waals surface area contributed by atoms with Gasteiger partial charge in [-0.05, 0) is 62.4 Å². The Hall–Kier alpha value is -3.52. The molecule has 0 bridgehead atoms. The number of nitrogens with one attached hydrogen (secondary N) is 1. The molecule has 0 atom stereocenters. The van der Waals surface area contributed by atoms with Crippen LogP contribution in [-0.2, 0) is 16.6 Å². The average molecular weight is 469 g/mol. The number of methoxy groups -OCH3 is 1. The number of hydrogen-bond donors (Lipinski definition) is 1. The van der Waals surface area contributed by atoms with Crippen LogP contribution in [0.3, 0.4) is 0 Å². The number of carbonyl (C=O) groups is 1. The Morgan fingerprint density at radius 1 is 1.00 bits per heavy atom. The summed E-state index contributed by atoms with van der Waals surface area (Å²) in [5.41, 5.74) is 1.57. The summed E-state index contributed by atoms with van der Waals surface area (Å²) >= 11 is 0. The second-order valence-electron chi connectivity index (χ2n) is 7.66. The van der Waals surface area contributed by atoms with Crippen LogP contribution in [0.1, 0.15) is 29.8 Å². The standard InChI is InChI=1S/C25H28N2O5S/c1-18(2)32-24-11-6-5-8-20(24)17-26-25(28)19-9-7-10-23(16-19)33(29,30)27(3)21-12-14-22(31-4)15-13-21/h5-16,18H,17H2,1-4H3,(H,26,28). The molecule has 1 amide bonds.